The third kappa shape index (κ3) is 2.96. The van der Waals surface area contributed by atoms with Gasteiger partial charge in [-0.05, 0) is 25.0 Å². The van der Waals surface area contributed by atoms with E-state index in [0.717, 1.165) is 49.2 Å². The molecule has 1 amide bonds. The molecule has 1 aromatic heterocycles. The Bertz CT molecular complexity index is 629. The smallest absolute Gasteiger partial charge is 0.227 e. The Morgan fingerprint density at radius 3 is 2.81 bits per heavy atom. The third-order valence-electron chi connectivity index (χ3n) is 4.02. The van der Waals surface area contributed by atoms with E-state index < -0.39 is 0 Å². The highest BCUT2D eigenvalue weighted by Crippen LogP contribution is 2.29. The van der Waals surface area contributed by atoms with Gasteiger partial charge in [0, 0.05) is 17.9 Å². The van der Waals surface area contributed by atoms with Gasteiger partial charge in [-0.3, -0.25) is 9.89 Å². The van der Waals surface area contributed by atoms with Crippen molar-refractivity contribution in [3.05, 3.63) is 30.1 Å². The second-order valence-electron chi connectivity index (χ2n) is 5.48. The molecule has 1 aliphatic carbocycles. The topological polar surface area (TPSA) is 70.7 Å². The van der Waals surface area contributed by atoms with Crippen LogP contribution in [0.2, 0.25) is 0 Å². The number of amides is 1. The molecule has 21 heavy (non-hydrogen) atoms. The van der Waals surface area contributed by atoms with Crippen molar-refractivity contribution in [1.82, 2.24) is 15.2 Å². The summed E-state index contributed by atoms with van der Waals surface area (Å²) < 4.78 is 0. The lowest BCUT2D eigenvalue weighted by molar-refractivity contribution is -0.119. The normalized spacial score (nSPS) is 15.3. The van der Waals surface area contributed by atoms with Gasteiger partial charge in [0.15, 0.2) is 5.82 Å². The lowest BCUT2D eigenvalue weighted by atomic mass is 10.1. The Balaban J connectivity index is 1.83. The molecule has 0 saturated heterocycles. The number of hydrogen-bond donors (Lipinski definition) is 2. The first-order chi connectivity index (χ1) is 10.3. The minimum atomic E-state index is 0.117. The minimum absolute atomic E-state index is 0.117. The molecule has 3 rings (SSSR count). The molecule has 0 bridgehead atoms. The second-order valence-corrected chi connectivity index (χ2v) is 5.48. The van der Waals surface area contributed by atoms with Gasteiger partial charge in [0.25, 0.3) is 0 Å². The molecule has 2 N–H and O–H groups in total. The molecule has 1 heterocycles. The summed E-state index contributed by atoms with van der Waals surface area (Å²) in [7, 11) is 0. The molecule has 1 fully saturated rings. The van der Waals surface area contributed by atoms with Crippen LogP contribution in [0.1, 0.15) is 38.4 Å². The molecule has 1 saturated carbocycles. The fourth-order valence-corrected chi connectivity index (χ4v) is 2.78. The molecule has 1 aromatic carbocycles. The van der Waals surface area contributed by atoms with E-state index >= 15 is 0 Å². The fourth-order valence-electron chi connectivity index (χ4n) is 2.78. The van der Waals surface area contributed by atoms with Crippen LogP contribution in [0.25, 0.3) is 11.4 Å². The first-order valence-corrected chi connectivity index (χ1v) is 7.59. The minimum Gasteiger partial charge on any atom is -0.325 e. The van der Waals surface area contributed by atoms with Gasteiger partial charge < -0.3 is 5.32 Å². The molecule has 110 valence electrons. The Labute approximate surface area is 124 Å². The second kappa shape index (κ2) is 6.08. The van der Waals surface area contributed by atoms with Crippen molar-refractivity contribution in [2.75, 3.05) is 5.32 Å². The Hall–Kier alpha value is -2.17. The number of aromatic nitrogens is 3. The maximum absolute atomic E-state index is 12.3. The molecule has 0 radical (unpaired) electrons. The van der Waals surface area contributed by atoms with Crippen molar-refractivity contribution in [2.45, 2.75) is 39.0 Å². The van der Waals surface area contributed by atoms with Gasteiger partial charge in [-0.15, -0.1) is 0 Å². The number of carbonyl (C=O) groups excluding carboxylic acids is 1. The van der Waals surface area contributed by atoms with Crippen LogP contribution in [-0.4, -0.2) is 21.1 Å². The van der Waals surface area contributed by atoms with Crippen molar-refractivity contribution in [1.29, 1.82) is 0 Å². The largest absolute Gasteiger partial charge is 0.325 e. The maximum atomic E-state index is 12.3. The van der Waals surface area contributed by atoms with Crippen LogP contribution >= 0.6 is 0 Å². The number of nitrogens with zero attached hydrogens (tertiary/aromatic N) is 2. The molecule has 5 heteroatoms. The van der Waals surface area contributed by atoms with Gasteiger partial charge in [0.05, 0.1) is 5.69 Å². The van der Waals surface area contributed by atoms with E-state index in [0.29, 0.717) is 5.82 Å². The first-order valence-electron chi connectivity index (χ1n) is 7.59. The summed E-state index contributed by atoms with van der Waals surface area (Å²) in [5, 5.41) is 10.2. The zero-order chi connectivity index (χ0) is 14.7. The van der Waals surface area contributed by atoms with E-state index in [2.05, 4.69) is 20.5 Å². The first kappa shape index (κ1) is 13.8. The summed E-state index contributed by atoms with van der Waals surface area (Å²) >= 11 is 0. The monoisotopic (exact) mass is 284 g/mol. The average Bonchev–Trinajstić information content (AvgIpc) is 3.19. The Morgan fingerprint density at radius 1 is 1.33 bits per heavy atom. The zero-order valence-corrected chi connectivity index (χ0v) is 12.2. The van der Waals surface area contributed by atoms with Gasteiger partial charge in [0.2, 0.25) is 5.91 Å². The third-order valence-corrected chi connectivity index (χ3v) is 4.02. The standard InChI is InChI=1S/C16H20N4O/c1-2-14-18-15(20-19-14)12-9-5-6-10-13(12)17-16(21)11-7-3-4-8-11/h5-6,9-11H,2-4,7-8H2,1H3,(H,17,21)(H,18,19,20). The van der Waals surface area contributed by atoms with Crippen LogP contribution in [0.3, 0.4) is 0 Å². The van der Waals surface area contributed by atoms with Crippen LogP contribution in [0, 0.1) is 5.92 Å². The number of H-pyrrole nitrogens is 1. The van der Waals surface area contributed by atoms with E-state index in [1.54, 1.807) is 0 Å². The Morgan fingerprint density at radius 2 is 2.10 bits per heavy atom. The molecule has 5 nitrogen and oxygen atoms in total. The number of benzene rings is 1. The SMILES string of the molecule is CCc1nc(-c2ccccc2NC(=O)C2CCCC2)n[nH]1. The van der Waals surface area contributed by atoms with Gasteiger partial charge in [-0.1, -0.05) is 31.9 Å². The summed E-state index contributed by atoms with van der Waals surface area (Å²) in [6.45, 7) is 2.03. The predicted molar refractivity (Wildman–Crippen MR) is 81.8 cm³/mol. The highest BCUT2D eigenvalue weighted by atomic mass is 16.1. The van der Waals surface area contributed by atoms with Crippen LogP contribution in [0.4, 0.5) is 5.69 Å². The van der Waals surface area contributed by atoms with Crippen molar-refractivity contribution in [2.24, 2.45) is 5.92 Å². The van der Waals surface area contributed by atoms with Crippen molar-refractivity contribution in [3.63, 3.8) is 0 Å². The van der Waals surface area contributed by atoms with Crippen molar-refractivity contribution in [3.8, 4) is 11.4 Å². The van der Waals surface area contributed by atoms with Gasteiger partial charge in [-0.25, -0.2) is 4.98 Å². The molecule has 0 spiro atoms. The summed E-state index contributed by atoms with van der Waals surface area (Å²) in [5.41, 5.74) is 1.65. The van der Waals surface area contributed by atoms with Crippen LogP contribution in [0.5, 0.6) is 0 Å². The maximum Gasteiger partial charge on any atom is 0.227 e. The summed E-state index contributed by atoms with van der Waals surface area (Å²) in [5.74, 6) is 1.75. The number of para-hydroxylation sites is 1. The summed E-state index contributed by atoms with van der Waals surface area (Å²) in [4.78, 5) is 16.7. The number of aryl methyl sites for hydroxylation is 1. The number of hydrogen-bond acceptors (Lipinski definition) is 3. The number of nitrogens with one attached hydrogen (secondary N) is 2. The molecule has 0 unspecified atom stereocenters. The molecular formula is C16H20N4O. The molecular weight excluding hydrogens is 264 g/mol. The number of anilines is 1. The average molecular weight is 284 g/mol. The summed E-state index contributed by atoms with van der Waals surface area (Å²) in [6, 6.07) is 7.70. The lowest BCUT2D eigenvalue weighted by Gasteiger charge is -2.12. The van der Waals surface area contributed by atoms with Crippen LogP contribution < -0.4 is 5.32 Å². The van der Waals surface area contributed by atoms with E-state index in [1.807, 2.05) is 31.2 Å². The molecule has 0 atom stereocenters. The highest BCUT2D eigenvalue weighted by molar-refractivity contribution is 5.96. The van der Waals surface area contributed by atoms with Crippen LogP contribution in [-0.2, 0) is 11.2 Å². The molecule has 2 aromatic rings. The lowest BCUT2D eigenvalue weighted by Crippen LogP contribution is -2.20. The quantitative estimate of drug-likeness (QED) is 0.906. The molecule has 0 aliphatic heterocycles. The number of carbonyl (C=O) groups is 1. The summed E-state index contributed by atoms with van der Waals surface area (Å²) in [6.07, 6.45) is 5.11. The number of rotatable bonds is 4. The van der Waals surface area contributed by atoms with E-state index in [4.69, 9.17) is 0 Å². The molecule has 1 aliphatic rings. The fraction of sp³-hybridized carbons (Fsp3) is 0.438. The van der Waals surface area contributed by atoms with Crippen LogP contribution in [0.15, 0.2) is 24.3 Å². The van der Waals surface area contributed by atoms with E-state index in [-0.39, 0.29) is 11.8 Å². The van der Waals surface area contributed by atoms with Gasteiger partial charge in [0.1, 0.15) is 5.82 Å². The van der Waals surface area contributed by atoms with Gasteiger partial charge >= 0.3 is 0 Å². The van der Waals surface area contributed by atoms with E-state index in [9.17, 15) is 4.79 Å². The van der Waals surface area contributed by atoms with Gasteiger partial charge in [-0.2, -0.15) is 5.10 Å². The Kier molecular flexibility index (Phi) is 3.99. The number of aromatic amines is 1. The van der Waals surface area contributed by atoms with E-state index in [1.165, 1.54) is 0 Å². The predicted octanol–water partition coefficient (Wildman–Crippen LogP) is 3.16. The van der Waals surface area contributed by atoms with Crippen molar-refractivity contribution < 1.29 is 4.79 Å². The zero-order valence-electron chi connectivity index (χ0n) is 12.2. The van der Waals surface area contributed by atoms with Crippen molar-refractivity contribution >= 4 is 11.6 Å². The highest BCUT2D eigenvalue weighted by Gasteiger charge is 2.23.